The van der Waals surface area contributed by atoms with Crippen LogP contribution in [-0.2, 0) is 27.2 Å². The van der Waals surface area contributed by atoms with Gasteiger partial charge in [-0.1, -0.05) is 13.0 Å². The second-order valence-electron chi connectivity index (χ2n) is 6.64. The summed E-state index contributed by atoms with van der Waals surface area (Å²) in [6.07, 6.45) is 6.47. The molecule has 7 heteroatoms. The molecule has 2 rings (SSSR count). The SMILES string of the molecule is CCCC(=O)ON(CCCCc1ccc2c(n1)NCCC2)CCOCC.Cl. The molecular weight excluding hydrogens is 366 g/mol. The van der Waals surface area contributed by atoms with Crippen LogP contribution in [0.1, 0.15) is 57.2 Å². The van der Waals surface area contributed by atoms with Gasteiger partial charge in [0.2, 0.25) is 0 Å². The Labute approximate surface area is 169 Å². The number of nitrogens with zero attached hydrogens (tertiary/aromatic N) is 2. The molecule has 0 bridgehead atoms. The Morgan fingerprint density at radius 3 is 2.89 bits per heavy atom. The highest BCUT2D eigenvalue weighted by Crippen LogP contribution is 2.20. The van der Waals surface area contributed by atoms with Crippen molar-refractivity contribution in [2.45, 2.75) is 58.8 Å². The summed E-state index contributed by atoms with van der Waals surface area (Å²) in [5.74, 6) is 0.895. The zero-order chi connectivity index (χ0) is 18.6. The lowest BCUT2D eigenvalue weighted by atomic mass is 10.1. The van der Waals surface area contributed by atoms with Gasteiger partial charge in [-0.2, -0.15) is 0 Å². The highest BCUT2D eigenvalue weighted by Gasteiger charge is 2.12. The third-order valence-electron chi connectivity index (χ3n) is 4.42. The highest BCUT2D eigenvalue weighted by atomic mass is 35.5. The summed E-state index contributed by atoms with van der Waals surface area (Å²) in [4.78, 5) is 21.9. The van der Waals surface area contributed by atoms with Gasteiger partial charge in [0.05, 0.1) is 13.2 Å². The maximum Gasteiger partial charge on any atom is 0.325 e. The van der Waals surface area contributed by atoms with Crippen molar-refractivity contribution in [2.24, 2.45) is 0 Å². The Morgan fingerprint density at radius 2 is 2.11 bits per heavy atom. The van der Waals surface area contributed by atoms with Crippen LogP contribution in [0.25, 0.3) is 0 Å². The minimum atomic E-state index is -0.161. The second-order valence-corrected chi connectivity index (χ2v) is 6.64. The number of hydrogen-bond acceptors (Lipinski definition) is 6. The summed E-state index contributed by atoms with van der Waals surface area (Å²) in [6, 6.07) is 4.34. The molecule has 1 N–H and O–H groups in total. The molecule has 154 valence electrons. The number of hydroxylamine groups is 2. The molecule has 0 saturated heterocycles. The summed E-state index contributed by atoms with van der Waals surface area (Å²) in [5, 5.41) is 5.13. The van der Waals surface area contributed by atoms with E-state index in [1.165, 1.54) is 12.0 Å². The van der Waals surface area contributed by atoms with Crippen molar-refractivity contribution < 1.29 is 14.4 Å². The van der Waals surface area contributed by atoms with Gasteiger partial charge >= 0.3 is 5.97 Å². The number of halogens is 1. The molecule has 0 fully saturated rings. The van der Waals surface area contributed by atoms with E-state index < -0.39 is 0 Å². The van der Waals surface area contributed by atoms with Crippen molar-refractivity contribution in [1.29, 1.82) is 0 Å². The van der Waals surface area contributed by atoms with E-state index in [2.05, 4.69) is 17.4 Å². The Bertz CT molecular complexity index is 557. The van der Waals surface area contributed by atoms with E-state index in [1.807, 2.05) is 13.8 Å². The number of rotatable bonds is 12. The van der Waals surface area contributed by atoms with Crippen LogP contribution < -0.4 is 5.32 Å². The number of ether oxygens (including phenoxy) is 1. The van der Waals surface area contributed by atoms with E-state index in [0.717, 1.165) is 56.7 Å². The number of nitrogens with one attached hydrogen (secondary N) is 1. The normalized spacial score (nSPS) is 12.9. The van der Waals surface area contributed by atoms with Gasteiger partial charge in [-0.25, -0.2) is 4.98 Å². The van der Waals surface area contributed by atoms with Crippen LogP contribution in [-0.4, -0.2) is 48.9 Å². The molecule has 0 radical (unpaired) electrons. The quantitative estimate of drug-likeness (QED) is 0.426. The van der Waals surface area contributed by atoms with Crippen molar-refractivity contribution in [3.63, 3.8) is 0 Å². The smallest absolute Gasteiger partial charge is 0.325 e. The number of pyridine rings is 1. The Morgan fingerprint density at radius 1 is 1.26 bits per heavy atom. The summed E-state index contributed by atoms with van der Waals surface area (Å²) in [7, 11) is 0. The van der Waals surface area contributed by atoms with E-state index >= 15 is 0 Å². The molecule has 0 aliphatic carbocycles. The first-order valence-corrected chi connectivity index (χ1v) is 9.99. The van der Waals surface area contributed by atoms with Crippen LogP contribution >= 0.6 is 12.4 Å². The van der Waals surface area contributed by atoms with Crippen LogP contribution in [0, 0.1) is 0 Å². The van der Waals surface area contributed by atoms with Crippen molar-refractivity contribution in [3.8, 4) is 0 Å². The molecule has 6 nitrogen and oxygen atoms in total. The first-order valence-electron chi connectivity index (χ1n) is 9.99. The average molecular weight is 400 g/mol. The first-order chi connectivity index (χ1) is 12.7. The van der Waals surface area contributed by atoms with Gasteiger partial charge in [-0.15, -0.1) is 17.5 Å². The Balaban J connectivity index is 0.00000364. The molecule has 0 spiro atoms. The van der Waals surface area contributed by atoms with Gasteiger partial charge in [0.15, 0.2) is 0 Å². The molecule has 1 aliphatic rings. The lowest BCUT2D eigenvalue weighted by molar-refractivity contribution is -0.193. The largest absolute Gasteiger partial charge is 0.380 e. The van der Waals surface area contributed by atoms with Gasteiger partial charge < -0.3 is 14.9 Å². The van der Waals surface area contributed by atoms with Crippen LogP contribution in [0.5, 0.6) is 0 Å². The first kappa shape index (κ1) is 23.7. The van der Waals surface area contributed by atoms with Crippen molar-refractivity contribution in [1.82, 2.24) is 10.0 Å². The van der Waals surface area contributed by atoms with Gasteiger partial charge in [-0.3, -0.25) is 4.79 Å². The summed E-state index contributed by atoms with van der Waals surface area (Å²) < 4.78 is 5.38. The van der Waals surface area contributed by atoms with Gasteiger partial charge in [0.1, 0.15) is 5.82 Å². The molecule has 1 aromatic heterocycles. The van der Waals surface area contributed by atoms with Crippen molar-refractivity contribution in [2.75, 3.05) is 38.2 Å². The highest BCUT2D eigenvalue weighted by molar-refractivity contribution is 5.85. The summed E-state index contributed by atoms with van der Waals surface area (Å²) in [5.41, 5.74) is 2.45. The fourth-order valence-electron chi connectivity index (χ4n) is 3.01. The predicted octanol–water partition coefficient (Wildman–Crippen LogP) is 3.78. The molecule has 0 unspecified atom stereocenters. The molecule has 2 heterocycles. The predicted molar refractivity (Wildman–Crippen MR) is 110 cm³/mol. The monoisotopic (exact) mass is 399 g/mol. The third kappa shape index (κ3) is 8.91. The number of anilines is 1. The van der Waals surface area contributed by atoms with E-state index in [1.54, 1.807) is 5.06 Å². The number of aryl methyl sites for hydroxylation is 2. The minimum absolute atomic E-state index is 0. The van der Waals surface area contributed by atoms with Crippen molar-refractivity contribution >= 4 is 24.2 Å². The zero-order valence-electron chi connectivity index (χ0n) is 16.7. The number of aromatic nitrogens is 1. The number of fused-ring (bicyclic) bond motifs is 1. The zero-order valence-corrected chi connectivity index (χ0v) is 17.5. The number of carbonyl (C=O) groups is 1. The number of unbranched alkanes of at least 4 members (excludes halogenated alkanes) is 1. The fourth-order valence-corrected chi connectivity index (χ4v) is 3.01. The molecule has 0 aromatic carbocycles. The Kier molecular flexibility index (Phi) is 12.1. The van der Waals surface area contributed by atoms with Crippen LogP contribution in [0.4, 0.5) is 5.82 Å². The number of hydrogen-bond donors (Lipinski definition) is 1. The second kappa shape index (κ2) is 13.7. The molecule has 0 saturated carbocycles. The standard InChI is InChI=1S/C20H33N3O3.ClH/c1-3-8-19(24)26-23(15-16-25-4-2)14-6-5-10-18-12-11-17-9-7-13-21-20(17)22-18;/h11-12H,3-10,13-16H2,1-2H3,(H,21,22);1H. The van der Waals surface area contributed by atoms with Crippen LogP contribution in [0.3, 0.4) is 0 Å². The van der Waals surface area contributed by atoms with Gasteiger partial charge in [0, 0.05) is 31.8 Å². The van der Waals surface area contributed by atoms with E-state index in [9.17, 15) is 4.79 Å². The topological polar surface area (TPSA) is 63.7 Å². The average Bonchev–Trinajstić information content (AvgIpc) is 2.65. The molecular formula is C20H34ClN3O3. The van der Waals surface area contributed by atoms with E-state index in [0.29, 0.717) is 26.2 Å². The fraction of sp³-hybridized carbons (Fsp3) is 0.700. The number of carbonyl (C=O) groups excluding carboxylic acids is 1. The van der Waals surface area contributed by atoms with E-state index in [4.69, 9.17) is 14.6 Å². The van der Waals surface area contributed by atoms with Crippen molar-refractivity contribution in [3.05, 3.63) is 23.4 Å². The van der Waals surface area contributed by atoms with E-state index in [-0.39, 0.29) is 18.4 Å². The molecule has 0 atom stereocenters. The van der Waals surface area contributed by atoms with Crippen LogP contribution in [0.15, 0.2) is 12.1 Å². The van der Waals surface area contributed by atoms with Gasteiger partial charge in [-0.05, 0) is 57.1 Å². The van der Waals surface area contributed by atoms with Crippen LogP contribution in [0.2, 0.25) is 0 Å². The summed E-state index contributed by atoms with van der Waals surface area (Å²) >= 11 is 0. The molecule has 0 amide bonds. The molecule has 1 aliphatic heterocycles. The lowest BCUT2D eigenvalue weighted by Gasteiger charge is -2.21. The Hall–Kier alpha value is -1.37. The lowest BCUT2D eigenvalue weighted by Crippen LogP contribution is -2.31. The summed E-state index contributed by atoms with van der Waals surface area (Å²) in [6.45, 7) is 7.56. The molecule has 27 heavy (non-hydrogen) atoms. The molecule has 1 aromatic rings. The third-order valence-corrected chi connectivity index (χ3v) is 4.42. The minimum Gasteiger partial charge on any atom is -0.380 e. The maximum atomic E-state index is 11.8. The maximum absolute atomic E-state index is 11.8. The van der Waals surface area contributed by atoms with Gasteiger partial charge in [0.25, 0.3) is 0 Å².